The van der Waals surface area contributed by atoms with Gasteiger partial charge in [0.2, 0.25) is 5.78 Å². The Labute approximate surface area is 298 Å². The zero-order valence-electron chi connectivity index (χ0n) is 31.4. The Morgan fingerprint density at radius 1 is 0.694 bits per heavy atom. The van der Waals surface area contributed by atoms with Crippen LogP contribution >= 0.6 is 0 Å². The summed E-state index contributed by atoms with van der Waals surface area (Å²) >= 11 is 0. The molecule has 49 heavy (non-hydrogen) atoms. The van der Waals surface area contributed by atoms with Crippen LogP contribution in [0.4, 0.5) is 0 Å². The van der Waals surface area contributed by atoms with Gasteiger partial charge in [-0.25, -0.2) is 0 Å². The Kier molecular flexibility index (Phi) is 10.0. The van der Waals surface area contributed by atoms with E-state index in [9.17, 15) is 9.59 Å². The van der Waals surface area contributed by atoms with E-state index < -0.39 is 32.3 Å². The van der Waals surface area contributed by atoms with Crippen molar-refractivity contribution in [1.29, 1.82) is 0 Å². The van der Waals surface area contributed by atoms with Crippen LogP contribution in [-0.4, -0.2) is 50.5 Å². The van der Waals surface area contributed by atoms with E-state index in [1.165, 1.54) is 16.3 Å². The standard InChI is InChI=1S/C23H28O2Si2.C19H22OSi2/c1-26(2,3)22-17-15-11-12-25-21(15)18(17)16-13-9-7-8-10-14(13)20(24)19(16)23(22)27(4,5)6;1-21(2,3)15-10-9-12-17-11-7-8-13-18(17)19(20)14-16-22(4,5)6/h7-10,15,21H,11-12H2,1-6H3;7-8,11,13H,1-6H3. The SMILES string of the molecule is C[Si](C)(C)C#CC#Cc1ccccc1C(=O)C#C[Si](C)(C)C.C[Si](C)(C)c1c2c(c3c(c1[Si](C)(C)C)C1CCOC31)-c1ccccc1C2=O. The maximum atomic E-state index is 13.6. The van der Waals surface area contributed by atoms with Crippen molar-refractivity contribution in [3.05, 3.63) is 81.9 Å². The summed E-state index contributed by atoms with van der Waals surface area (Å²) in [5.41, 5.74) is 14.8. The fourth-order valence-corrected chi connectivity index (χ4v) is 14.1. The number of Topliss-reactive ketones (excluding diaryl/α,β-unsaturated/α-hetero) is 1. The van der Waals surface area contributed by atoms with Crippen molar-refractivity contribution in [2.24, 2.45) is 0 Å². The summed E-state index contributed by atoms with van der Waals surface area (Å²) in [6.07, 6.45) is 1.34. The molecular formula is C42H50O3Si4. The third-order valence-electron chi connectivity index (χ3n) is 8.91. The van der Waals surface area contributed by atoms with Crippen LogP contribution in [0.5, 0.6) is 0 Å². The number of carbonyl (C=O) groups is 2. The van der Waals surface area contributed by atoms with Gasteiger partial charge in [-0.15, -0.1) is 11.1 Å². The first kappa shape index (κ1) is 36.8. The Morgan fingerprint density at radius 2 is 1.29 bits per heavy atom. The van der Waals surface area contributed by atoms with E-state index in [1.54, 1.807) is 16.8 Å². The molecule has 3 aromatic carbocycles. The zero-order valence-corrected chi connectivity index (χ0v) is 35.4. The highest BCUT2D eigenvalue weighted by molar-refractivity contribution is 6.99. The second kappa shape index (κ2) is 13.3. The monoisotopic (exact) mass is 714 g/mol. The second-order valence-corrected chi connectivity index (χ2v) is 37.0. The molecule has 0 amide bonds. The van der Waals surface area contributed by atoms with Crippen LogP contribution < -0.4 is 10.4 Å². The molecule has 0 spiro atoms. The highest BCUT2D eigenvalue weighted by Crippen LogP contribution is 2.58. The van der Waals surface area contributed by atoms with Gasteiger partial charge in [0, 0.05) is 34.8 Å². The lowest BCUT2D eigenvalue weighted by molar-refractivity contribution is 0.0892. The van der Waals surface area contributed by atoms with E-state index in [0.29, 0.717) is 17.0 Å². The molecule has 6 rings (SSSR count). The molecule has 2 aliphatic carbocycles. The van der Waals surface area contributed by atoms with E-state index in [1.807, 2.05) is 30.3 Å². The van der Waals surface area contributed by atoms with E-state index in [-0.39, 0.29) is 17.7 Å². The molecule has 252 valence electrons. The molecule has 2 unspecified atom stereocenters. The quantitative estimate of drug-likeness (QED) is 0.121. The van der Waals surface area contributed by atoms with E-state index in [4.69, 9.17) is 4.74 Å². The highest BCUT2D eigenvalue weighted by Gasteiger charge is 2.52. The number of fused-ring (bicyclic) bond motifs is 8. The lowest BCUT2D eigenvalue weighted by Crippen LogP contribution is -2.61. The first-order chi connectivity index (χ1) is 22.7. The highest BCUT2D eigenvalue weighted by atomic mass is 28.3. The molecule has 3 aliphatic rings. The van der Waals surface area contributed by atoms with Crippen LogP contribution in [0.3, 0.4) is 0 Å². The predicted octanol–water partition coefficient (Wildman–Crippen LogP) is 8.53. The molecule has 0 bridgehead atoms. The van der Waals surface area contributed by atoms with E-state index in [0.717, 1.165) is 29.7 Å². The normalized spacial score (nSPS) is 17.2. The van der Waals surface area contributed by atoms with Crippen molar-refractivity contribution >= 4 is 54.2 Å². The molecule has 1 saturated heterocycles. The maximum absolute atomic E-state index is 13.6. The predicted molar refractivity (Wildman–Crippen MR) is 217 cm³/mol. The van der Waals surface area contributed by atoms with Gasteiger partial charge in [0.15, 0.2) is 5.78 Å². The Hall–Kier alpha value is -3.49. The first-order valence-corrected chi connectivity index (χ1v) is 31.4. The Balaban J connectivity index is 0.000000196. The number of benzene rings is 3. The molecule has 1 fully saturated rings. The molecule has 3 aromatic rings. The minimum absolute atomic E-state index is 0.162. The summed E-state index contributed by atoms with van der Waals surface area (Å²) in [4.78, 5) is 25.9. The lowest BCUT2D eigenvalue weighted by Gasteiger charge is -2.44. The third-order valence-corrected chi connectivity index (χ3v) is 14.9. The van der Waals surface area contributed by atoms with Gasteiger partial charge < -0.3 is 4.74 Å². The van der Waals surface area contributed by atoms with Crippen LogP contribution in [0, 0.1) is 34.8 Å². The summed E-state index contributed by atoms with van der Waals surface area (Å²) in [7, 11) is -6.31. The van der Waals surface area contributed by atoms with Crippen LogP contribution in [0.2, 0.25) is 78.6 Å². The molecule has 1 heterocycles. The van der Waals surface area contributed by atoms with Gasteiger partial charge in [-0.1, -0.05) is 126 Å². The maximum Gasteiger partial charge on any atom is 0.236 e. The van der Waals surface area contributed by atoms with Gasteiger partial charge in [0.05, 0.1) is 22.3 Å². The van der Waals surface area contributed by atoms with Crippen molar-refractivity contribution in [3.63, 3.8) is 0 Å². The molecule has 7 heteroatoms. The van der Waals surface area contributed by atoms with Gasteiger partial charge >= 0.3 is 0 Å². The fourth-order valence-electron chi connectivity index (χ4n) is 7.03. The molecular weight excluding hydrogens is 665 g/mol. The van der Waals surface area contributed by atoms with Crippen LogP contribution in [0.15, 0.2) is 48.5 Å². The van der Waals surface area contributed by atoms with Crippen LogP contribution in [0.1, 0.15) is 61.4 Å². The zero-order chi connectivity index (χ0) is 36.1. The molecule has 0 radical (unpaired) electrons. The number of hydrogen-bond donors (Lipinski definition) is 0. The van der Waals surface area contributed by atoms with Crippen molar-refractivity contribution in [2.75, 3.05) is 6.61 Å². The average Bonchev–Trinajstić information content (AvgIpc) is 3.53. The summed E-state index contributed by atoms with van der Waals surface area (Å²) in [6.45, 7) is 28.3. The Bertz CT molecular complexity index is 2050. The van der Waals surface area contributed by atoms with Crippen LogP contribution in [-0.2, 0) is 4.74 Å². The Morgan fingerprint density at radius 3 is 1.90 bits per heavy atom. The number of rotatable bonds is 3. The van der Waals surface area contributed by atoms with Crippen molar-refractivity contribution in [3.8, 4) is 45.9 Å². The summed E-state index contributed by atoms with van der Waals surface area (Å²) in [6, 6.07) is 15.5. The smallest absolute Gasteiger partial charge is 0.236 e. The minimum Gasteiger partial charge on any atom is -0.373 e. The number of carbonyl (C=O) groups excluding carboxylic acids is 2. The van der Waals surface area contributed by atoms with Crippen molar-refractivity contribution in [1.82, 2.24) is 0 Å². The molecule has 3 nitrogen and oxygen atoms in total. The van der Waals surface area contributed by atoms with Gasteiger partial charge in [0.25, 0.3) is 0 Å². The fraction of sp³-hybridized carbons (Fsp3) is 0.381. The minimum atomic E-state index is -1.72. The third kappa shape index (κ3) is 7.65. The first-order valence-electron chi connectivity index (χ1n) is 17.4. The lowest BCUT2D eigenvalue weighted by atomic mass is 9.71. The van der Waals surface area contributed by atoms with Crippen molar-refractivity contribution < 1.29 is 14.3 Å². The molecule has 0 aromatic heterocycles. The summed E-state index contributed by atoms with van der Waals surface area (Å²) in [5, 5.41) is 3.06. The number of ether oxygens (including phenoxy) is 1. The van der Waals surface area contributed by atoms with Crippen molar-refractivity contribution in [2.45, 2.75) is 97.0 Å². The molecule has 0 N–H and O–H groups in total. The average molecular weight is 715 g/mol. The van der Waals surface area contributed by atoms with E-state index >= 15 is 0 Å². The largest absolute Gasteiger partial charge is 0.373 e. The molecule has 1 aliphatic heterocycles. The van der Waals surface area contributed by atoms with Crippen LogP contribution in [0.25, 0.3) is 11.1 Å². The van der Waals surface area contributed by atoms with Gasteiger partial charge in [-0.2, -0.15) is 0 Å². The summed E-state index contributed by atoms with van der Waals surface area (Å²) < 4.78 is 6.16. The van der Waals surface area contributed by atoms with Gasteiger partial charge in [-0.05, 0) is 63.8 Å². The number of hydrogen-bond acceptors (Lipinski definition) is 3. The van der Waals surface area contributed by atoms with Gasteiger partial charge in [0.1, 0.15) is 16.1 Å². The number of ketones is 2. The molecule has 0 saturated carbocycles. The van der Waals surface area contributed by atoms with E-state index in [2.05, 4.69) is 125 Å². The second-order valence-electron chi connectivity index (χ2n) is 17.5. The summed E-state index contributed by atoms with van der Waals surface area (Å²) in [5.74, 6) is 12.2. The van der Waals surface area contributed by atoms with Gasteiger partial charge in [-0.3, -0.25) is 9.59 Å². The topological polar surface area (TPSA) is 43.4 Å². The molecule has 2 atom stereocenters.